The van der Waals surface area contributed by atoms with Crippen LogP contribution in [0.4, 0.5) is 0 Å². The summed E-state index contributed by atoms with van der Waals surface area (Å²) in [7, 11) is 0. The molecule has 1 aromatic heterocycles. The van der Waals surface area contributed by atoms with Crippen molar-refractivity contribution in [2.24, 2.45) is 4.40 Å². The molecule has 0 amide bonds. The monoisotopic (exact) mass is 280 g/mol. The molecule has 0 aliphatic carbocycles. The maximum Gasteiger partial charge on any atom is 0.0856 e. The van der Waals surface area contributed by atoms with Crippen LogP contribution in [-0.4, -0.2) is 10.7 Å². The normalized spacial score (nSPS) is 12.1. The van der Waals surface area contributed by atoms with Crippen molar-refractivity contribution in [1.29, 1.82) is 0 Å². The second kappa shape index (κ2) is 4.33. The van der Waals surface area contributed by atoms with E-state index in [-0.39, 0.29) is 0 Å². The van der Waals surface area contributed by atoms with E-state index in [0.29, 0.717) is 0 Å². The maximum absolute atomic E-state index is 4.50. The number of halogens is 1. The number of fused-ring (bicyclic) bond motifs is 1. The summed E-state index contributed by atoms with van der Waals surface area (Å²) >= 11 is 7.31. The number of pyridine rings is 1. The Bertz CT molecular complexity index is 537. The van der Waals surface area contributed by atoms with E-state index in [1.165, 1.54) is 0 Å². The molecule has 0 fully saturated rings. The summed E-state index contributed by atoms with van der Waals surface area (Å²) in [6.07, 6.45) is 0. The summed E-state index contributed by atoms with van der Waals surface area (Å²) in [6, 6.07) is 10.0. The SMILES string of the molecule is C/C(=N\S)c1ccc2ccc(Br)cc2n1. The largest absolute Gasteiger partial charge is 0.246 e. The zero-order valence-corrected chi connectivity index (χ0v) is 10.6. The third kappa shape index (κ3) is 2.21. The molecule has 2 nitrogen and oxygen atoms in total. The number of aromatic nitrogens is 1. The average molecular weight is 281 g/mol. The van der Waals surface area contributed by atoms with E-state index in [4.69, 9.17) is 0 Å². The summed E-state index contributed by atoms with van der Waals surface area (Å²) in [5.41, 5.74) is 2.63. The van der Waals surface area contributed by atoms with Gasteiger partial charge in [0.15, 0.2) is 0 Å². The second-order valence-electron chi connectivity index (χ2n) is 3.22. The van der Waals surface area contributed by atoms with E-state index in [0.717, 1.165) is 26.8 Å². The molecule has 4 heteroatoms. The minimum atomic E-state index is 0.820. The van der Waals surface area contributed by atoms with Gasteiger partial charge >= 0.3 is 0 Å². The quantitative estimate of drug-likeness (QED) is 0.626. The van der Waals surface area contributed by atoms with Crippen molar-refractivity contribution in [3.05, 3.63) is 40.5 Å². The lowest BCUT2D eigenvalue weighted by molar-refractivity contribution is 1.35. The highest BCUT2D eigenvalue weighted by atomic mass is 79.9. The highest BCUT2D eigenvalue weighted by Gasteiger charge is 2.01. The zero-order chi connectivity index (χ0) is 10.8. The first-order valence-electron chi connectivity index (χ1n) is 4.46. The molecule has 0 aliphatic rings. The molecule has 0 bridgehead atoms. The first kappa shape index (κ1) is 10.6. The van der Waals surface area contributed by atoms with Crippen molar-refractivity contribution in [2.75, 3.05) is 0 Å². The van der Waals surface area contributed by atoms with Crippen LogP contribution in [0.1, 0.15) is 12.6 Å². The molecule has 0 spiro atoms. The summed E-state index contributed by atoms with van der Waals surface area (Å²) in [5.74, 6) is 0. The molecule has 0 radical (unpaired) electrons. The highest BCUT2D eigenvalue weighted by molar-refractivity contribution is 9.10. The lowest BCUT2D eigenvalue weighted by Gasteiger charge is -2.02. The number of nitrogens with zero attached hydrogens (tertiary/aromatic N) is 2. The number of hydrogen-bond donors (Lipinski definition) is 1. The van der Waals surface area contributed by atoms with E-state index in [9.17, 15) is 0 Å². The second-order valence-corrected chi connectivity index (χ2v) is 4.33. The van der Waals surface area contributed by atoms with Crippen LogP contribution in [0.5, 0.6) is 0 Å². The molecule has 0 N–H and O–H groups in total. The van der Waals surface area contributed by atoms with Crippen LogP contribution in [0.2, 0.25) is 0 Å². The number of thiol groups is 1. The molecule has 15 heavy (non-hydrogen) atoms. The lowest BCUT2D eigenvalue weighted by atomic mass is 10.2. The summed E-state index contributed by atoms with van der Waals surface area (Å²) in [5, 5.41) is 1.12. The fraction of sp³-hybridized carbons (Fsp3) is 0.0909. The van der Waals surface area contributed by atoms with Crippen molar-refractivity contribution >= 4 is 45.4 Å². The molecular formula is C11H9BrN2S. The summed E-state index contributed by atoms with van der Waals surface area (Å²) in [4.78, 5) is 4.50. The Hall–Kier alpha value is -0.870. The first-order valence-corrected chi connectivity index (χ1v) is 5.65. The molecule has 2 aromatic rings. The van der Waals surface area contributed by atoms with Crippen LogP contribution in [0.15, 0.2) is 39.2 Å². The van der Waals surface area contributed by atoms with Gasteiger partial charge in [0.05, 0.1) is 16.9 Å². The van der Waals surface area contributed by atoms with Gasteiger partial charge in [-0.05, 0) is 37.9 Å². The smallest absolute Gasteiger partial charge is 0.0856 e. The minimum Gasteiger partial charge on any atom is -0.246 e. The van der Waals surface area contributed by atoms with Crippen molar-refractivity contribution < 1.29 is 0 Å². The topological polar surface area (TPSA) is 25.2 Å². The van der Waals surface area contributed by atoms with E-state index in [2.05, 4.69) is 38.1 Å². The summed E-state index contributed by atoms with van der Waals surface area (Å²) < 4.78 is 4.85. The van der Waals surface area contributed by atoms with Gasteiger partial charge in [-0.25, -0.2) is 9.38 Å². The zero-order valence-electron chi connectivity index (χ0n) is 8.11. The molecule has 76 valence electrons. The maximum atomic E-state index is 4.50. The predicted molar refractivity (Wildman–Crippen MR) is 70.6 cm³/mol. The van der Waals surface area contributed by atoms with Gasteiger partial charge in [-0.15, -0.1) is 0 Å². The Kier molecular flexibility index (Phi) is 3.07. The van der Waals surface area contributed by atoms with Crippen LogP contribution in [0.3, 0.4) is 0 Å². The molecule has 0 atom stereocenters. The van der Waals surface area contributed by atoms with E-state index in [1.807, 2.05) is 37.3 Å². The molecular weight excluding hydrogens is 272 g/mol. The standard InChI is InChI=1S/C11H9BrN2S/c1-7(14-15)10-5-3-8-2-4-9(12)6-11(8)13-10/h2-6,15H,1H3/b14-7+. The Morgan fingerprint density at radius 1 is 1.33 bits per heavy atom. The lowest BCUT2D eigenvalue weighted by Crippen LogP contribution is -1.97. The third-order valence-corrected chi connectivity index (χ3v) is 2.97. The highest BCUT2D eigenvalue weighted by Crippen LogP contribution is 2.18. The molecule has 0 saturated heterocycles. The average Bonchev–Trinajstić information content (AvgIpc) is 2.27. The van der Waals surface area contributed by atoms with Crippen molar-refractivity contribution in [3.8, 4) is 0 Å². The van der Waals surface area contributed by atoms with Gasteiger partial charge in [0.1, 0.15) is 0 Å². The Morgan fingerprint density at radius 3 is 2.80 bits per heavy atom. The van der Waals surface area contributed by atoms with Gasteiger partial charge in [0.2, 0.25) is 0 Å². The number of hydrogen-bond acceptors (Lipinski definition) is 3. The van der Waals surface area contributed by atoms with Crippen LogP contribution in [0.25, 0.3) is 10.9 Å². The number of benzene rings is 1. The Labute approximate surface area is 102 Å². The molecule has 0 aliphatic heterocycles. The Morgan fingerprint density at radius 2 is 2.07 bits per heavy atom. The van der Waals surface area contributed by atoms with E-state index < -0.39 is 0 Å². The minimum absolute atomic E-state index is 0.820. The molecule has 1 heterocycles. The summed E-state index contributed by atoms with van der Waals surface area (Å²) in [6.45, 7) is 1.89. The fourth-order valence-electron chi connectivity index (χ4n) is 1.34. The first-order chi connectivity index (χ1) is 7.20. The van der Waals surface area contributed by atoms with Crippen LogP contribution in [0, 0.1) is 0 Å². The van der Waals surface area contributed by atoms with Gasteiger partial charge in [-0.1, -0.05) is 28.1 Å². The van der Waals surface area contributed by atoms with Gasteiger partial charge < -0.3 is 0 Å². The Balaban J connectivity index is 2.64. The van der Waals surface area contributed by atoms with Gasteiger partial charge in [0, 0.05) is 9.86 Å². The van der Waals surface area contributed by atoms with Crippen molar-refractivity contribution in [1.82, 2.24) is 4.98 Å². The van der Waals surface area contributed by atoms with E-state index in [1.54, 1.807) is 0 Å². The van der Waals surface area contributed by atoms with Gasteiger partial charge in [-0.2, -0.15) is 0 Å². The predicted octanol–water partition coefficient (Wildman–Crippen LogP) is 3.65. The number of rotatable bonds is 1. The fourth-order valence-corrected chi connectivity index (χ4v) is 1.79. The molecule has 0 unspecified atom stereocenters. The molecule has 0 saturated carbocycles. The van der Waals surface area contributed by atoms with Gasteiger partial charge in [0.25, 0.3) is 0 Å². The van der Waals surface area contributed by atoms with Crippen molar-refractivity contribution in [3.63, 3.8) is 0 Å². The third-order valence-electron chi connectivity index (χ3n) is 2.17. The van der Waals surface area contributed by atoms with Crippen LogP contribution >= 0.6 is 28.7 Å². The van der Waals surface area contributed by atoms with Crippen molar-refractivity contribution in [2.45, 2.75) is 6.92 Å². The molecule has 1 aromatic carbocycles. The van der Waals surface area contributed by atoms with E-state index >= 15 is 0 Å². The van der Waals surface area contributed by atoms with Gasteiger partial charge in [-0.3, -0.25) is 0 Å². The molecule has 2 rings (SSSR count). The van der Waals surface area contributed by atoms with Crippen LogP contribution < -0.4 is 0 Å². The van der Waals surface area contributed by atoms with Crippen LogP contribution in [-0.2, 0) is 0 Å².